The Morgan fingerprint density at radius 1 is 0.963 bits per heavy atom. The molecule has 0 radical (unpaired) electrons. The molecule has 0 aliphatic rings. The third-order valence-corrected chi connectivity index (χ3v) is 3.84. The molecule has 27 heavy (non-hydrogen) atoms. The van der Waals surface area contributed by atoms with Gasteiger partial charge in [-0.3, -0.25) is 4.99 Å². The predicted molar refractivity (Wildman–Crippen MR) is 111 cm³/mol. The molecule has 154 valence electrons. The fourth-order valence-corrected chi connectivity index (χ4v) is 2.23. The van der Waals surface area contributed by atoms with Gasteiger partial charge in [0.25, 0.3) is 0 Å². The Morgan fingerprint density at radius 2 is 1.63 bits per heavy atom. The van der Waals surface area contributed by atoms with Crippen LogP contribution >= 0.6 is 0 Å². The zero-order chi connectivity index (χ0) is 19.7. The molecule has 0 heterocycles. The van der Waals surface area contributed by atoms with Gasteiger partial charge >= 0.3 is 0 Å². The van der Waals surface area contributed by atoms with Gasteiger partial charge in [0, 0.05) is 26.7 Å². The smallest absolute Gasteiger partial charge is 0.191 e. The van der Waals surface area contributed by atoms with Gasteiger partial charge in [0.15, 0.2) is 5.96 Å². The lowest BCUT2D eigenvalue weighted by Crippen LogP contribution is -2.38. The lowest BCUT2D eigenvalue weighted by molar-refractivity contribution is 0.0487. The lowest BCUT2D eigenvalue weighted by atomic mass is 10.1. The summed E-state index contributed by atoms with van der Waals surface area (Å²) in [6.45, 7) is 11.1. The third kappa shape index (κ3) is 12.4. The second-order valence-electron chi connectivity index (χ2n) is 6.61. The van der Waals surface area contributed by atoms with E-state index in [0.717, 1.165) is 32.0 Å². The maximum atomic E-state index is 5.62. The minimum Gasteiger partial charge on any atom is -0.379 e. The Bertz CT molecular complexity index is 504. The molecule has 1 rings (SSSR count). The number of hydrogen-bond acceptors (Lipinski definition) is 4. The molecule has 0 atom stereocenters. The van der Waals surface area contributed by atoms with E-state index < -0.39 is 0 Å². The molecule has 0 aliphatic carbocycles. The highest BCUT2D eigenvalue weighted by Gasteiger charge is 2.00. The van der Waals surface area contributed by atoms with Crippen molar-refractivity contribution in [3.05, 3.63) is 35.4 Å². The normalized spacial score (nSPS) is 11.8. The monoisotopic (exact) mass is 379 g/mol. The first kappa shape index (κ1) is 23.4. The zero-order valence-corrected chi connectivity index (χ0v) is 17.4. The molecule has 0 fully saturated rings. The molecule has 0 bridgehead atoms. The predicted octanol–water partition coefficient (Wildman–Crippen LogP) is 3.11. The summed E-state index contributed by atoms with van der Waals surface area (Å²) in [5.74, 6) is 0.769. The second-order valence-corrected chi connectivity index (χ2v) is 6.61. The number of aliphatic imine (C=N–C) groups is 1. The Balaban J connectivity index is 2.13. The quantitative estimate of drug-likeness (QED) is 0.295. The van der Waals surface area contributed by atoms with Crippen LogP contribution in [0.5, 0.6) is 0 Å². The molecular formula is C21H37N3O3. The zero-order valence-electron chi connectivity index (χ0n) is 17.4. The average Bonchev–Trinajstić information content (AvgIpc) is 2.68. The molecule has 6 nitrogen and oxygen atoms in total. The standard InChI is InChI=1S/C21H37N3O3/c1-5-6-12-25-14-15-26-13-11-23-21(22-4)24-16-19-7-9-20(10-8-19)17-27-18(2)3/h7-10,18H,5-6,11-17H2,1-4H3,(H2,22,23,24). The molecule has 0 unspecified atom stereocenters. The molecule has 0 aromatic heterocycles. The van der Waals surface area contributed by atoms with Crippen molar-refractivity contribution in [2.45, 2.75) is 52.9 Å². The van der Waals surface area contributed by atoms with Gasteiger partial charge in [-0.1, -0.05) is 37.6 Å². The van der Waals surface area contributed by atoms with Gasteiger partial charge in [-0.2, -0.15) is 0 Å². The minimum atomic E-state index is 0.248. The summed E-state index contributed by atoms with van der Waals surface area (Å²) in [5, 5.41) is 6.56. The molecule has 0 saturated carbocycles. The van der Waals surface area contributed by atoms with E-state index >= 15 is 0 Å². The maximum Gasteiger partial charge on any atom is 0.191 e. The van der Waals surface area contributed by atoms with Gasteiger partial charge in [-0.25, -0.2) is 0 Å². The number of unbranched alkanes of at least 4 members (excludes halogenated alkanes) is 1. The van der Waals surface area contributed by atoms with Crippen molar-refractivity contribution in [2.75, 3.05) is 40.0 Å². The number of benzene rings is 1. The fraction of sp³-hybridized carbons (Fsp3) is 0.667. The van der Waals surface area contributed by atoms with Crippen LogP contribution in [0.25, 0.3) is 0 Å². The molecular weight excluding hydrogens is 342 g/mol. The molecule has 0 aliphatic heterocycles. The van der Waals surface area contributed by atoms with Crippen LogP contribution in [-0.2, 0) is 27.4 Å². The number of nitrogens with one attached hydrogen (secondary N) is 2. The van der Waals surface area contributed by atoms with Crippen molar-refractivity contribution in [2.24, 2.45) is 4.99 Å². The summed E-state index contributed by atoms with van der Waals surface area (Å²) < 4.78 is 16.6. The molecule has 1 aromatic carbocycles. The summed E-state index contributed by atoms with van der Waals surface area (Å²) in [6, 6.07) is 8.43. The second kappa shape index (κ2) is 15.4. The van der Waals surface area contributed by atoms with Gasteiger partial charge < -0.3 is 24.8 Å². The van der Waals surface area contributed by atoms with Crippen LogP contribution in [0.1, 0.15) is 44.7 Å². The topological polar surface area (TPSA) is 64.1 Å². The number of rotatable bonds is 14. The van der Waals surface area contributed by atoms with E-state index in [-0.39, 0.29) is 6.10 Å². The Morgan fingerprint density at radius 3 is 2.26 bits per heavy atom. The molecule has 0 amide bonds. The molecule has 0 saturated heterocycles. The minimum absolute atomic E-state index is 0.248. The van der Waals surface area contributed by atoms with E-state index in [9.17, 15) is 0 Å². The van der Waals surface area contributed by atoms with E-state index in [1.807, 2.05) is 13.8 Å². The first-order valence-corrected chi connectivity index (χ1v) is 9.95. The summed E-state index contributed by atoms with van der Waals surface area (Å²) >= 11 is 0. The fourth-order valence-electron chi connectivity index (χ4n) is 2.23. The molecule has 1 aromatic rings. The van der Waals surface area contributed by atoms with Crippen LogP contribution in [0.3, 0.4) is 0 Å². The average molecular weight is 380 g/mol. The summed E-state index contributed by atoms with van der Waals surface area (Å²) in [5.41, 5.74) is 2.39. The Labute approximate surface area is 164 Å². The number of guanidine groups is 1. The summed E-state index contributed by atoms with van der Waals surface area (Å²) in [7, 11) is 1.77. The van der Waals surface area contributed by atoms with Crippen LogP contribution < -0.4 is 10.6 Å². The van der Waals surface area contributed by atoms with Gasteiger partial charge in [0.2, 0.25) is 0 Å². The number of ether oxygens (including phenoxy) is 3. The van der Waals surface area contributed by atoms with E-state index in [1.165, 1.54) is 11.1 Å². The van der Waals surface area contributed by atoms with Crippen molar-refractivity contribution < 1.29 is 14.2 Å². The van der Waals surface area contributed by atoms with Crippen molar-refractivity contribution in [1.29, 1.82) is 0 Å². The first-order valence-electron chi connectivity index (χ1n) is 9.95. The highest BCUT2D eigenvalue weighted by molar-refractivity contribution is 5.79. The van der Waals surface area contributed by atoms with E-state index in [1.54, 1.807) is 7.05 Å². The Hall–Kier alpha value is -1.63. The first-order chi connectivity index (χ1) is 13.2. The van der Waals surface area contributed by atoms with Crippen LogP contribution in [0.2, 0.25) is 0 Å². The van der Waals surface area contributed by atoms with Gasteiger partial charge in [-0.15, -0.1) is 0 Å². The van der Waals surface area contributed by atoms with E-state index in [4.69, 9.17) is 14.2 Å². The van der Waals surface area contributed by atoms with Gasteiger partial charge in [0.1, 0.15) is 0 Å². The summed E-state index contributed by atoms with van der Waals surface area (Å²) in [6.07, 6.45) is 2.52. The Kier molecular flexibility index (Phi) is 13.4. The number of hydrogen-bond donors (Lipinski definition) is 2. The number of nitrogens with zero attached hydrogens (tertiary/aromatic N) is 1. The van der Waals surface area contributed by atoms with Gasteiger partial charge in [-0.05, 0) is 31.4 Å². The van der Waals surface area contributed by atoms with Crippen LogP contribution in [0, 0.1) is 0 Å². The third-order valence-electron chi connectivity index (χ3n) is 3.84. The van der Waals surface area contributed by atoms with Crippen LogP contribution in [0.4, 0.5) is 0 Å². The lowest BCUT2D eigenvalue weighted by Gasteiger charge is -2.13. The molecule has 0 spiro atoms. The van der Waals surface area contributed by atoms with E-state index in [0.29, 0.717) is 33.0 Å². The van der Waals surface area contributed by atoms with Gasteiger partial charge in [0.05, 0.1) is 32.5 Å². The van der Waals surface area contributed by atoms with Crippen molar-refractivity contribution >= 4 is 5.96 Å². The maximum absolute atomic E-state index is 5.62. The molecule has 2 N–H and O–H groups in total. The van der Waals surface area contributed by atoms with Crippen molar-refractivity contribution in [1.82, 2.24) is 10.6 Å². The highest BCUT2D eigenvalue weighted by atomic mass is 16.5. The highest BCUT2D eigenvalue weighted by Crippen LogP contribution is 2.07. The van der Waals surface area contributed by atoms with Crippen molar-refractivity contribution in [3.63, 3.8) is 0 Å². The molecule has 6 heteroatoms. The summed E-state index contributed by atoms with van der Waals surface area (Å²) in [4.78, 5) is 4.23. The van der Waals surface area contributed by atoms with Crippen molar-refractivity contribution in [3.8, 4) is 0 Å². The van der Waals surface area contributed by atoms with E-state index in [2.05, 4.69) is 46.8 Å². The van der Waals surface area contributed by atoms with Crippen LogP contribution in [0.15, 0.2) is 29.3 Å². The SMILES string of the molecule is CCCCOCCOCCNC(=NC)NCc1ccc(COC(C)C)cc1. The largest absolute Gasteiger partial charge is 0.379 e. The van der Waals surface area contributed by atoms with Crippen LogP contribution in [-0.4, -0.2) is 52.1 Å².